The van der Waals surface area contributed by atoms with Gasteiger partial charge < -0.3 is 10.2 Å². The van der Waals surface area contributed by atoms with Crippen molar-refractivity contribution in [1.29, 1.82) is 0 Å². The van der Waals surface area contributed by atoms with E-state index in [1.807, 2.05) is 11.6 Å². The summed E-state index contributed by atoms with van der Waals surface area (Å²) in [6.45, 7) is 2.55. The maximum absolute atomic E-state index is 11.6. The summed E-state index contributed by atoms with van der Waals surface area (Å²) in [4.78, 5) is 13.9. The van der Waals surface area contributed by atoms with E-state index >= 15 is 0 Å². The minimum atomic E-state index is 0.0642. The monoisotopic (exact) mass is 341 g/mol. The van der Waals surface area contributed by atoms with Crippen LogP contribution in [0.15, 0.2) is 0 Å². The molecule has 2 aliphatic heterocycles. The Morgan fingerprint density at radius 1 is 1.20 bits per heavy atom. The normalized spacial score (nSPS) is 25.6. The van der Waals surface area contributed by atoms with Gasteiger partial charge in [0.2, 0.25) is 11.9 Å². The topological polar surface area (TPSA) is 91.7 Å². The second kappa shape index (κ2) is 5.31. The van der Waals surface area contributed by atoms with E-state index in [0.29, 0.717) is 6.42 Å². The molecule has 0 saturated carbocycles. The van der Waals surface area contributed by atoms with Crippen molar-refractivity contribution >= 4 is 11.9 Å². The minimum absolute atomic E-state index is 0.0642. The highest BCUT2D eigenvalue weighted by Gasteiger charge is 2.45. The SMILES string of the molecule is Cn1c(-c2n[nH]c3c2CCCC3)nnc1N1CCC2(CNC(=O)C2)C1. The second-order valence-corrected chi connectivity index (χ2v) is 7.74. The van der Waals surface area contributed by atoms with E-state index in [9.17, 15) is 4.79 Å². The average molecular weight is 341 g/mol. The van der Waals surface area contributed by atoms with Crippen molar-refractivity contribution in [3.8, 4) is 11.5 Å². The van der Waals surface area contributed by atoms with Gasteiger partial charge in [0.15, 0.2) is 5.82 Å². The number of rotatable bonds is 2. The van der Waals surface area contributed by atoms with Gasteiger partial charge in [-0.1, -0.05) is 0 Å². The van der Waals surface area contributed by atoms with Gasteiger partial charge >= 0.3 is 0 Å². The number of anilines is 1. The molecule has 3 aliphatic rings. The third kappa shape index (κ3) is 2.26. The molecular weight excluding hydrogens is 318 g/mol. The van der Waals surface area contributed by atoms with Crippen LogP contribution in [-0.2, 0) is 24.7 Å². The Bertz CT molecular complexity index is 838. The van der Waals surface area contributed by atoms with E-state index < -0.39 is 0 Å². The van der Waals surface area contributed by atoms with Crippen molar-refractivity contribution in [2.45, 2.75) is 38.5 Å². The summed E-state index contributed by atoms with van der Waals surface area (Å²) in [6, 6.07) is 0. The molecule has 1 atom stereocenters. The summed E-state index contributed by atoms with van der Waals surface area (Å²) in [5.74, 6) is 1.87. The highest BCUT2D eigenvalue weighted by atomic mass is 16.1. The van der Waals surface area contributed by atoms with E-state index in [1.165, 1.54) is 24.1 Å². The number of hydrogen-bond donors (Lipinski definition) is 2. The van der Waals surface area contributed by atoms with Gasteiger partial charge in [-0.25, -0.2) is 0 Å². The Labute approximate surface area is 146 Å². The maximum Gasteiger partial charge on any atom is 0.227 e. The average Bonchev–Trinajstić information content (AvgIpc) is 3.36. The Hall–Kier alpha value is -2.38. The van der Waals surface area contributed by atoms with E-state index in [-0.39, 0.29) is 11.3 Å². The lowest BCUT2D eigenvalue weighted by Crippen LogP contribution is -2.30. The smallest absolute Gasteiger partial charge is 0.227 e. The molecule has 0 radical (unpaired) electrons. The van der Waals surface area contributed by atoms with Gasteiger partial charge in [-0.05, 0) is 32.1 Å². The van der Waals surface area contributed by atoms with Crippen LogP contribution in [0.2, 0.25) is 0 Å². The Kier molecular flexibility index (Phi) is 3.17. The first kappa shape index (κ1) is 14.9. The largest absolute Gasteiger partial charge is 0.355 e. The number of fused-ring (bicyclic) bond motifs is 1. The van der Waals surface area contributed by atoms with Crippen LogP contribution in [0.5, 0.6) is 0 Å². The van der Waals surface area contributed by atoms with E-state index in [0.717, 1.165) is 56.4 Å². The lowest BCUT2D eigenvalue weighted by Gasteiger charge is -2.22. The molecule has 2 fully saturated rings. The number of hydrogen-bond acceptors (Lipinski definition) is 5. The van der Waals surface area contributed by atoms with Crippen molar-refractivity contribution in [3.05, 3.63) is 11.3 Å². The van der Waals surface area contributed by atoms with Gasteiger partial charge in [-0.3, -0.25) is 14.5 Å². The first-order valence-electron chi connectivity index (χ1n) is 9.13. The predicted molar refractivity (Wildman–Crippen MR) is 92.1 cm³/mol. The second-order valence-electron chi connectivity index (χ2n) is 7.74. The number of aromatic amines is 1. The van der Waals surface area contributed by atoms with Gasteiger partial charge in [0.25, 0.3) is 0 Å². The molecule has 25 heavy (non-hydrogen) atoms. The van der Waals surface area contributed by atoms with Crippen molar-refractivity contribution in [1.82, 2.24) is 30.3 Å². The van der Waals surface area contributed by atoms with Gasteiger partial charge in [-0.2, -0.15) is 5.10 Å². The zero-order valence-corrected chi connectivity index (χ0v) is 14.5. The summed E-state index contributed by atoms with van der Waals surface area (Å²) >= 11 is 0. The van der Waals surface area contributed by atoms with Crippen molar-refractivity contribution in [2.75, 3.05) is 24.5 Å². The summed E-state index contributed by atoms with van der Waals surface area (Å²) < 4.78 is 2.05. The molecule has 8 nitrogen and oxygen atoms in total. The van der Waals surface area contributed by atoms with Crippen LogP contribution in [0.1, 0.15) is 36.9 Å². The fourth-order valence-electron chi connectivity index (χ4n) is 4.61. The van der Waals surface area contributed by atoms with Crippen molar-refractivity contribution in [3.63, 3.8) is 0 Å². The van der Waals surface area contributed by atoms with Crippen LogP contribution in [0.3, 0.4) is 0 Å². The molecule has 5 rings (SSSR count). The van der Waals surface area contributed by atoms with Crippen LogP contribution in [0.4, 0.5) is 5.95 Å². The number of amides is 1. The number of carbonyl (C=O) groups is 1. The molecule has 2 aromatic rings. The van der Waals surface area contributed by atoms with Gasteiger partial charge in [0.05, 0.1) is 0 Å². The third-order valence-electron chi connectivity index (χ3n) is 6.04. The van der Waals surface area contributed by atoms with Crippen LogP contribution in [-0.4, -0.2) is 50.5 Å². The third-order valence-corrected chi connectivity index (χ3v) is 6.04. The molecule has 132 valence electrons. The fraction of sp³-hybridized carbons (Fsp3) is 0.647. The lowest BCUT2D eigenvalue weighted by atomic mass is 9.86. The summed E-state index contributed by atoms with van der Waals surface area (Å²) in [5.41, 5.74) is 3.56. The summed E-state index contributed by atoms with van der Waals surface area (Å²) in [5, 5.41) is 19.6. The Balaban J connectivity index is 1.44. The van der Waals surface area contributed by atoms with E-state index in [4.69, 9.17) is 0 Å². The molecule has 1 unspecified atom stereocenters. The molecule has 4 heterocycles. The Morgan fingerprint density at radius 2 is 2.08 bits per heavy atom. The fourth-order valence-corrected chi connectivity index (χ4v) is 4.61. The van der Waals surface area contributed by atoms with Crippen molar-refractivity contribution < 1.29 is 4.79 Å². The van der Waals surface area contributed by atoms with Crippen LogP contribution in [0, 0.1) is 5.41 Å². The minimum Gasteiger partial charge on any atom is -0.355 e. The molecule has 1 aliphatic carbocycles. The number of aryl methyl sites for hydroxylation is 1. The first-order valence-corrected chi connectivity index (χ1v) is 9.13. The zero-order chi connectivity index (χ0) is 17.0. The molecule has 2 aromatic heterocycles. The van der Waals surface area contributed by atoms with Crippen LogP contribution in [0.25, 0.3) is 11.5 Å². The lowest BCUT2D eigenvalue weighted by molar-refractivity contribution is -0.119. The van der Waals surface area contributed by atoms with E-state index in [2.05, 4.69) is 30.6 Å². The number of carbonyl (C=O) groups excluding carboxylic acids is 1. The quantitative estimate of drug-likeness (QED) is 0.843. The molecule has 0 aromatic carbocycles. The van der Waals surface area contributed by atoms with Crippen LogP contribution >= 0.6 is 0 Å². The predicted octanol–water partition coefficient (Wildman–Crippen LogP) is 0.800. The molecule has 0 bridgehead atoms. The standard InChI is InChI=1S/C17H23N7O/c1-23-15(14-11-4-2-3-5-12(11)19-20-14)21-22-16(23)24-7-6-17(10-24)8-13(25)18-9-17/h2-10H2,1H3,(H,18,25)(H,19,20). The highest BCUT2D eigenvalue weighted by molar-refractivity contribution is 5.79. The summed E-state index contributed by atoms with van der Waals surface area (Å²) in [6.07, 6.45) is 6.21. The van der Waals surface area contributed by atoms with E-state index in [1.54, 1.807) is 0 Å². The molecule has 2 N–H and O–H groups in total. The number of H-pyrrole nitrogens is 1. The number of aromatic nitrogens is 5. The molecular formula is C17H23N7O. The van der Waals surface area contributed by atoms with Gasteiger partial charge in [-0.15, -0.1) is 10.2 Å². The van der Waals surface area contributed by atoms with Crippen molar-refractivity contribution in [2.24, 2.45) is 12.5 Å². The zero-order valence-electron chi connectivity index (χ0n) is 14.5. The number of nitrogens with one attached hydrogen (secondary N) is 2. The number of nitrogens with zero attached hydrogens (tertiary/aromatic N) is 5. The summed E-state index contributed by atoms with van der Waals surface area (Å²) in [7, 11) is 2.01. The molecule has 1 amide bonds. The van der Waals surface area contributed by atoms with Crippen LogP contribution < -0.4 is 10.2 Å². The molecule has 8 heteroatoms. The van der Waals surface area contributed by atoms with Gasteiger partial charge in [0.1, 0.15) is 5.69 Å². The Morgan fingerprint density at radius 3 is 2.92 bits per heavy atom. The first-order chi connectivity index (χ1) is 12.2. The molecule has 1 spiro atoms. The highest BCUT2D eigenvalue weighted by Crippen LogP contribution is 2.38. The maximum atomic E-state index is 11.6. The molecule has 2 saturated heterocycles. The van der Waals surface area contributed by atoms with Gasteiger partial charge in [0, 0.05) is 49.8 Å².